The van der Waals surface area contributed by atoms with Gasteiger partial charge in [0.1, 0.15) is 10.7 Å². The monoisotopic (exact) mass is 494 g/mol. The Morgan fingerprint density at radius 2 is 1.34 bits per heavy atom. The first kappa shape index (κ1) is 25.6. The van der Waals surface area contributed by atoms with E-state index in [-0.39, 0.29) is 32.1 Å². The molecule has 4 aromatic rings. The maximum Gasteiger partial charge on any atom is 0.294 e. The van der Waals surface area contributed by atoms with Gasteiger partial charge in [-0.05, 0) is 29.8 Å². The Hall–Kier alpha value is -4.02. The Morgan fingerprint density at radius 3 is 1.83 bits per heavy atom. The van der Waals surface area contributed by atoms with E-state index in [1.54, 1.807) is 36.7 Å². The lowest BCUT2D eigenvalue weighted by Crippen LogP contribution is -2.46. The molecule has 0 aliphatic carbocycles. The van der Waals surface area contributed by atoms with Crippen LogP contribution in [0, 0.1) is 0 Å². The number of nitrogens with zero attached hydrogens (tertiary/aromatic N) is 1. The van der Waals surface area contributed by atoms with Crippen LogP contribution >= 0.6 is 0 Å². The fourth-order valence-electron chi connectivity index (χ4n) is 3.16. The van der Waals surface area contributed by atoms with E-state index in [0.29, 0.717) is 5.69 Å². The molecule has 0 spiro atoms. The van der Waals surface area contributed by atoms with Gasteiger partial charge in [-0.15, -0.1) is 0 Å². The number of hydrogen-bond donors (Lipinski definition) is 4. The van der Waals surface area contributed by atoms with Gasteiger partial charge in [0.25, 0.3) is 21.2 Å². The minimum Gasteiger partial charge on any atom is -0.348 e. The molecule has 0 fully saturated rings. The topological polar surface area (TPSA) is 149 Å². The van der Waals surface area contributed by atoms with Crippen LogP contribution in [0.2, 0.25) is 0 Å². The summed E-state index contributed by atoms with van der Waals surface area (Å²) in [5, 5.41) is 0.388. The third kappa shape index (κ3) is 6.98. The average molecular weight is 495 g/mol. The Morgan fingerprint density at radius 1 is 0.829 bits per heavy atom. The van der Waals surface area contributed by atoms with Crippen LogP contribution in [0.3, 0.4) is 0 Å². The second-order valence-electron chi connectivity index (χ2n) is 8.64. The average Bonchev–Trinajstić information content (AvgIpc) is 3.27. The third-order valence-electron chi connectivity index (χ3n) is 4.84. The molecule has 0 aliphatic heterocycles. The van der Waals surface area contributed by atoms with Gasteiger partial charge in [0.05, 0.1) is 16.9 Å². The summed E-state index contributed by atoms with van der Waals surface area (Å²) in [4.78, 5) is 37.2. The quantitative estimate of drug-likeness (QED) is 0.318. The number of rotatable bonds is 3. The van der Waals surface area contributed by atoms with Crippen LogP contribution < -0.4 is 21.8 Å². The first-order valence-corrected chi connectivity index (χ1v) is 12.1. The highest BCUT2D eigenvalue weighted by Crippen LogP contribution is 2.22. The van der Waals surface area contributed by atoms with Crippen LogP contribution in [0.4, 0.5) is 0 Å². The van der Waals surface area contributed by atoms with E-state index >= 15 is 0 Å². The molecule has 0 unspecified atom stereocenters. The molecule has 0 saturated carbocycles. The van der Waals surface area contributed by atoms with Gasteiger partial charge < -0.3 is 15.0 Å². The van der Waals surface area contributed by atoms with Gasteiger partial charge >= 0.3 is 0 Å². The molecule has 9 nitrogen and oxygen atoms in total. The Balaban J connectivity index is 0.000000287. The first-order chi connectivity index (χ1) is 16.4. The molecule has 0 amide bonds. The molecule has 182 valence electrons. The summed E-state index contributed by atoms with van der Waals surface area (Å²) in [5.74, 6) is 0. The zero-order chi connectivity index (χ0) is 25.6. The molecule has 4 N–H and O–H groups in total. The van der Waals surface area contributed by atoms with Gasteiger partial charge in [-0.3, -0.25) is 14.1 Å². The standard InChI is InChI=1S/C19H20N4O2.C6H6O3S/c1-19(2,3)16-13(20-11-21-16)10-15-18(25)22-14(17(24)23-15)9-12-7-5-4-6-8-12;7-10(8,9)6-4-2-1-3-5-6/h4-11H,1-3H3,(H,20,21)(H,22,25)(H,23,24);1-5H,(H,7,8,9). The molecular formula is C25H26N4O5S. The SMILES string of the molecule is CC(C)(C)c1[nH]cnc1C=c1[nH]c(=O)c(=Cc2ccccc2)[nH]c1=O.O=S(=O)(O)c1ccccc1. The fourth-order valence-corrected chi connectivity index (χ4v) is 3.66. The van der Waals surface area contributed by atoms with Crippen LogP contribution in [-0.4, -0.2) is 32.9 Å². The maximum atomic E-state index is 12.4. The van der Waals surface area contributed by atoms with E-state index in [0.717, 1.165) is 11.3 Å². The number of H-pyrrole nitrogens is 3. The van der Waals surface area contributed by atoms with Gasteiger partial charge in [-0.1, -0.05) is 69.3 Å². The van der Waals surface area contributed by atoms with Crippen LogP contribution in [0.15, 0.2) is 81.5 Å². The van der Waals surface area contributed by atoms with Crippen molar-refractivity contribution >= 4 is 22.3 Å². The van der Waals surface area contributed by atoms with E-state index in [1.165, 1.54) is 12.1 Å². The van der Waals surface area contributed by atoms with E-state index < -0.39 is 10.1 Å². The first-order valence-electron chi connectivity index (χ1n) is 10.6. The number of imidazole rings is 1. The highest BCUT2D eigenvalue weighted by molar-refractivity contribution is 7.85. The molecule has 2 heterocycles. The van der Waals surface area contributed by atoms with E-state index in [2.05, 4.69) is 19.9 Å². The van der Waals surface area contributed by atoms with E-state index in [1.807, 2.05) is 51.1 Å². The fraction of sp³-hybridized carbons (Fsp3) is 0.160. The van der Waals surface area contributed by atoms with E-state index in [4.69, 9.17) is 4.55 Å². The van der Waals surface area contributed by atoms with Crippen molar-refractivity contribution in [3.05, 3.63) is 115 Å². The summed E-state index contributed by atoms with van der Waals surface area (Å²) in [6.45, 7) is 6.13. The van der Waals surface area contributed by atoms with Crippen LogP contribution in [-0.2, 0) is 15.5 Å². The zero-order valence-electron chi connectivity index (χ0n) is 19.4. The Bertz CT molecular complexity index is 1630. The van der Waals surface area contributed by atoms with Crippen molar-refractivity contribution in [3.63, 3.8) is 0 Å². The molecule has 0 saturated heterocycles. The lowest BCUT2D eigenvalue weighted by Gasteiger charge is -2.16. The number of hydrogen-bond acceptors (Lipinski definition) is 5. The highest BCUT2D eigenvalue weighted by Gasteiger charge is 2.19. The van der Waals surface area contributed by atoms with Crippen molar-refractivity contribution < 1.29 is 13.0 Å². The summed E-state index contributed by atoms with van der Waals surface area (Å²) >= 11 is 0. The van der Waals surface area contributed by atoms with Crippen molar-refractivity contribution in [1.29, 1.82) is 0 Å². The second-order valence-corrected chi connectivity index (χ2v) is 10.1. The predicted octanol–water partition coefficient (Wildman–Crippen LogP) is 1.67. The van der Waals surface area contributed by atoms with Crippen molar-refractivity contribution in [2.24, 2.45) is 0 Å². The highest BCUT2D eigenvalue weighted by atomic mass is 32.2. The van der Waals surface area contributed by atoms with Gasteiger partial charge in [0.2, 0.25) is 0 Å². The summed E-state index contributed by atoms with van der Waals surface area (Å²) in [5.41, 5.74) is 1.48. The molecule has 4 rings (SSSR count). The molecule has 35 heavy (non-hydrogen) atoms. The predicted molar refractivity (Wildman–Crippen MR) is 134 cm³/mol. The van der Waals surface area contributed by atoms with Crippen molar-refractivity contribution in [1.82, 2.24) is 19.9 Å². The van der Waals surface area contributed by atoms with Gasteiger partial charge in [-0.25, -0.2) is 4.98 Å². The number of benzene rings is 2. The molecule has 0 radical (unpaired) electrons. The minimum absolute atomic E-state index is 0.0741. The Kier molecular flexibility index (Phi) is 7.68. The molecule has 0 atom stereocenters. The van der Waals surface area contributed by atoms with Crippen LogP contribution in [0.25, 0.3) is 12.2 Å². The number of nitrogens with one attached hydrogen (secondary N) is 3. The maximum absolute atomic E-state index is 12.4. The summed E-state index contributed by atoms with van der Waals surface area (Å²) in [6.07, 6.45) is 4.80. The van der Waals surface area contributed by atoms with Crippen LogP contribution in [0.5, 0.6) is 0 Å². The summed E-state index contributed by atoms with van der Waals surface area (Å²) in [7, 11) is -4.00. The second kappa shape index (κ2) is 10.5. The molecule has 2 aromatic carbocycles. The molecular weight excluding hydrogens is 468 g/mol. The molecule has 0 aliphatic rings. The van der Waals surface area contributed by atoms with Gasteiger partial charge in [0, 0.05) is 11.1 Å². The summed E-state index contributed by atoms with van der Waals surface area (Å²) < 4.78 is 29.2. The lowest BCUT2D eigenvalue weighted by molar-refractivity contribution is 0.483. The number of aromatic nitrogens is 4. The van der Waals surface area contributed by atoms with Crippen molar-refractivity contribution in [3.8, 4) is 0 Å². The van der Waals surface area contributed by atoms with Gasteiger partial charge in [-0.2, -0.15) is 8.42 Å². The molecule has 0 bridgehead atoms. The Labute approximate surface area is 201 Å². The minimum atomic E-state index is -4.00. The zero-order valence-corrected chi connectivity index (χ0v) is 20.3. The lowest BCUT2D eigenvalue weighted by atomic mass is 9.90. The largest absolute Gasteiger partial charge is 0.348 e. The van der Waals surface area contributed by atoms with E-state index in [9.17, 15) is 18.0 Å². The smallest absolute Gasteiger partial charge is 0.294 e. The normalized spacial score (nSPS) is 12.8. The van der Waals surface area contributed by atoms with Crippen molar-refractivity contribution in [2.45, 2.75) is 31.1 Å². The third-order valence-corrected chi connectivity index (χ3v) is 5.70. The summed E-state index contributed by atoms with van der Waals surface area (Å²) in [6, 6.07) is 16.8. The van der Waals surface area contributed by atoms with Crippen LogP contribution in [0.1, 0.15) is 37.7 Å². The number of aromatic amines is 3. The van der Waals surface area contributed by atoms with Crippen molar-refractivity contribution in [2.75, 3.05) is 0 Å². The molecule has 2 aromatic heterocycles. The van der Waals surface area contributed by atoms with Gasteiger partial charge in [0.15, 0.2) is 0 Å². The molecule has 10 heteroatoms.